The zero-order valence-electron chi connectivity index (χ0n) is 16.9. The number of anilines is 1. The van der Waals surface area contributed by atoms with Gasteiger partial charge in [-0.05, 0) is 47.2 Å². The standard InChI is InChI=1S/C23H14Cl2N4OS3/c24-13-5-6-17(15(25)9-13)28-11-29-22(30)20-14(18-3-1-7-31-18)10-16(19-4-2-8-32-19)26-21(20)27-23(29)33-12-28/h1-10H,11-12H2. The van der Waals surface area contributed by atoms with E-state index in [9.17, 15) is 4.79 Å². The van der Waals surface area contributed by atoms with E-state index in [1.54, 1.807) is 39.4 Å². The predicted molar refractivity (Wildman–Crippen MR) is 140 cm³/mol. The van der Waals surface area contributed by atoms with E-state index in [0.717, 1.165) is 26.7 Å². The van der Waals surface area contributed by atoms with Crippen LogP contribution < -0.4 is 10.5 Å². The van der Waals surface area contributed by atoms with Crippen LogP contribution in [0.4, 0.5) is 5.69 Å². The number of halogens is 2. The number of hydrogen-bond acceptors (Lipinski definition) is 7. The van der Waals surface area contributed by atoms with Crippen molar-refractivity contribution in [2.24, 2.45) is 0 Å². The molecule has 10 heteroatoms. The molecule has 0 spiro atoms. The number of nitrogens with zero attached hydrogens (tertiary/aromatic N) is 4. The summed E-state index contributed by atoms with van der Waals surface area (Å²) < 4.78 is 1.70. The van der Waals surface area contributed by atoms with Gasteiger partial charge in [-0.3, -0.25) is 9.36 Å². The summed E-state index contributed by atoms with van der Waals surface area (Å²) in [6.07, 6.45) is 0. The first-order valence-corrected chi connectivity index (χ1v) is 13.4. The molecular weight excluding hydrogens is 515 g/mol. The summed E-state index contributed by atoms with van der Waals surface area (Å²) in [5, 5.41) is 6.35. The van der Waals surface area contributed by atoms with Gasteiger partial charge in [0, 0.05) is 15.5 Å². The molecule has 0 N–H and O–H groups in total. The number of thioether (sulfide) groups is 1. The summed E-state index contributed by atoms with van der Waals surface area (Å²) >= 11 is 17.2. The molecule has 0 unspecified atom stereocenters. The number of pyridine rings is 1. The van der Waals surface area contributed by atoms with Gasteiger partial charge in [0.15, 0.2) is 10.8 Å². The van der Waals surface area contributed by atoms with E-state index < -0.39 is 0 Å². The zero-order valence-corrected chi connectivity index (χ0v) is 20.8. The van der Waals surface area contributed by atoms with Crippen molar-refractivity contribution in [1.29, 1.82) is 0 Å². The van der Waals surface area contributed by atoms with E-state index in [1.165, 1.54) is 11.8 Å². The molecule has 0 radical (unpaired) electrons. The van der Waals surface area contributed by atoms with Crippen LogP contribution in [0.2, 0.25) is 10.0 Å². The zero-order chi connectivity index (χ0) is 22.5. The third kappa shape index (κ3) is 3.76. The smallest absolute Gasteiger partial charge is 0.265 e. The molecule has 0 fully saturated rings. The average molecular weight is 529 g/mol. The fourth-order valence-electron chi connectivity index (χ4n) is 3.84. The predicted octanol–water partition coefficient (Wildman–Crippen LogP) is 7.08. The van der Waals surface area contributed by atoms with Crippen molar-refractivity contribution in [3.63, 3.8) is 0 Å². The number of hydrogen-bond donors (Lipinski definition) is 0. The number of benzene rings is 1. The van der Waals surface area contributed by atoms with E-state index in [0.29, 0.717) is 38.8 Å². The van der Waals surface area contributed by atoms with Gasteiger partial charge < -0.3 is 4.90 Å². The maximum Gasteiger partial charge on any atom is 0.265 e. The summed E-state index contributed by atoms with van der Waals surface area (Å²) in [6, 6.07) is 15.4. The van der Waals surface area contributed by atoms with Crippen LogP contribution in [0, 0.1) is 0 Å². The van der Waals surface area contributed by atoms with Crippen molar-refractivity contribution in [1.82, 2.24) is 14.5 Å². The molecular formula is C23H14Cl2N4OS3. The normalized spacial score (nSPS) is 13.5. The summed E-state index contributed by atoms with van der Waals surface area (Å²) in [6.45, 7) is 0.349. The lowest BCUT2D eigenvalue weighted by Crippen LogP contribution is -2.38. The van der Waals surface area contributed by atoms with Crippen molar-refractivity contribution < 1.29 is 0 Å². The van der Waals surface area contributed by atoms with Gasteiger partial charge in [0.25, 0.3) is 5.56 Å². The summed E-state index contributed by atoms with van der Waals surface area (Å²) in [5.74, 6) is 0.613. The molecule has 164 valence electrons. The van der Waals surface area contributed by atoms with Crippen LogP contribution in [0.1, 0.15) is 0 Å². The highest BCUT2D eigenvalue weighted by molar-refractivity contribution is 7.99. The quantitative estimate of drug-likeness (QED) is 0.234. The van der Waals surface area contributed by atoms with Crippen LogP contribution in [-0.2, 0) is 6.67 Å². The SMILES string of the molecule is O=c1c2c(-c3cccs3)cc(-c3cccs3)nc2nc2n1CN(c1ccc(Cl)cc1Cl)CS2. The van der Waals surface area contributed by atoms with Gasteiger partial charge in [-0.1, -0.05) is 47.1 Å². The Hall–Kier alpha value is -2.36. The third-order valence-corrected chi connectivity index (χ3v) is 8.71. The molecule has 0 aliphatic carbocycles. The second-order valence-corrected chi connectivity index (χ2v) is 11.0. The minimum Gasteiger partial charge on any atom is -0.342 e. The van der Waals surface area contributed by atoms with Crippen molar-refractivity contribution in [3.05, 3.63) is 79.7 Å². The Kier molecular flexibility index (Phi) is 5.43. The molecule has 0 bridgehead atoms. The van der Waals surface area contributed by atoms with E-state index >= 15 is 0 Å². The number of rotatable bonds is 3. The Morgan fingerprint density at radius 1 is 0.939 bits per heavy atom. The molecule has 1 aliphatic heterocycles. The lowest BCUT2D eigenvalue weighted by molar-refractivity contribution is 0.568. The summed E-state index contributed by atoms with van der Waals surface area (Å²) in [7, 11) is 0. The molecule has 5 nitrogen and oxygen atoms in total. The highest BCUT2D eigenvalue weighted by Crippen LogP contribution is 2.37. The van der Waals surface area contributed by atoms with Gasteiger partial charge in [0.05, 0.1) is 32.5 Å². The molecule has 5 aromatic rings. The Balaban J connectivity index is 1.54. The van der Waals surface area contributed by atoms with E-state index in [4.69, 9.17) is 33.2 Å². The maximum atomic E-state index is 13.8. The van der Waals surface area contributed by atoms with Gasteiger partial charge in [-0.15, -0.1) is 22.7 Å². The monoisotopic (exact) mass is 528 g/mol. The van der Waals surface area contributed by atoms with Crippen LogP contribution in [-0.4, -0.2) is 20.4 Å². The molecule has 33 heavy (non-hydrogen) atoms. The fourth-order valence-corrected chi connectivity index (χ4v) is 6.74. The van der Waals surface area contributed by atoms with Crippen LogP contribution in [0.25, 0.3) is 32.0 Å². The van der Waals surface area contributed by atoms with Crippen LogP contribution in [0.3, 0.4) is 0 Å². The topological polar surface area (TPSA) is 51.0 Å². The van der Waals surface area contributed by atoms with Crippen LogP contribution in [0.15, 0.2) is 69.2 Å². The minimum absolute atomic E-state index is 0.106. The average Bonchev–Trinajstić information content (AvgIpc) is 3.53. The van der Waals surface area contributed by atoms with E-state index in [-0.39, 0.29) is 5.56 Å². The molecule has 4 aromatic heterocycles. The summed E-state index contributed by atoms with van der Waals surface area (Å²) in [4.78, 5) is 27.5. The first kappa shape index (κ1) is 21.2. The molecule has 0 atom stereocenters. The first-order valence-electron chi connectivity index (χ1n) is 9.94. The number of thiophene rings is 2. The highest BCUT2D eigenvalue weighted by Gasteiger charge is 2.25. The highest BCUT2D eigenvalue weighted by atomic mass is 35.5. The first-order chi connectivity index (χ1) is 16.1. The molecule has 5 heterocycles. The number of fused-ring (bicyclic) bond motifs is 2. The van der Waals surface area contributed by atoms with Crippen molar-refractivity contribution in [2.45, 2.75) is 11.8 Å². The van der Waals surface area contributed by atoms with Gasteiger partial charge in [0.2, 0.25) is 0 Å². The molecule has 0 amide bonds. The Morgan fingerprint density at radius 3 is 2.45 bits per heavy atom. The van der Waals surface area contributed by atoms with Gasteiger partial charge >= 0.3 is 0 Å². The third-order valence-electron chi connectivity index (χ3n) is 5.36. The summed E-state index contributed by atoms with van der Waals surface area (Å²) in [5.41, 5.74) is 2.89. The Labute approximate surface area is 211 Å². The maximum absolute atomic E-state index is 13.8. The van der Waals surface area contributed by atoms with Gasteiger partial charge in [-0.25, -0.2) is 9.97 Å². The second kappa shape index (κ2) is 8.45. The minimum atomic E-state index is -0.106. The van der Waals surface area contributed by atoms with Gasteiger partial charge in [-0.2, -0.15) is 0 Å². The Bertz CT molecular complexity index is 1550. The molecule has 0 saturated carbocycles. The van der Waals surface area contributed by atoms with Crippen molar-refractivity contribution in [3.8, 4) is 21.0 Å². The number of aromatic nitrogens is 3. The second-order valence-electron chi connectivity index (χ2n) is 7.39. The lowest BCUT2D eigenvalue weighted by atomic mass is 10.1. The van der Waals surface area contributed by atoms with E-state index in [1.807, 2.05) is 52.1 Å². The largest absolute Gasteiger partial charge is 0.342 e. The van der Waals surface area contributed by atoms with Crippen molar-refractivity contribution >= 4 is 74.4 Å². The van der Waals surface area contributed by atoms with E-state index in [2.05, 4.69) is 0 Å². The van der Waals surface area contributed by atoms with Gasteiger partial charge in [0.1, 0.15) is 6.67 Å². The fraction of sp³-hybridized carbons (Fsp3) is 0.0870. The van der Waals surface area contributed by atoms with Crippen LogP contribution in [0.5, 0.6) is 0 Å². The molecule has 1 aliphatic rings. The van der Waals surface area contributed by atoms with Crippen molar-refractivity contribution in [2.75, 3.05) is 10.8 Å². The lowest BCUT2D eigenvalue weighted by Gasteiger charge is -2.31. The molecule has 1 aromatic carbocycles. The molecule has 6 rings (SSSR count). The van der Waals surface area contributed by atoms with Crippen LogP contribution >= 0.6 is 57.6 Å². The molecule has 0 saturated heterocycles. The Morgan fingerprint density at radius 2 is 1.73 bits per heavy atom.